The zero-order valence-electron chi connectivity index (χ0n) is 41.8. The maximum Gasteiger partial charge on any atom is 0.157 e. The van der Waals surface area contributed by atoms with Gasteiger partial charge in [-0.3, -0.25) is 0 Å². The van der Waals surface area contributed by atoms with Gasteiger partial charge in [0.2, 0.25) is 0 Å². The zero-order chi connectivity index (χ0) is 57.2. The van der Waals surface area contributed by atoms with Crippen LogP contribution in [0.5, 0.6) is 97.7 Å². The molecule has 0 fully saturated rings. The molecule has 17 N–H and O–H groups in total. The van der Waals surface area contributed by atoms with Gasteiger partial charge in [0.1, 0.15) is 76.2 Å². The van der Waals surface area contributed by atoms with Crippen LogP contribution in [0.1, 0.15) is 103 Å². The summed E-state index contributed by atoms with van der Waals surface area (Å²) < 4.78 is 25.7. The Morgan fingerprint density at radius 3 is 1.15 bits per heavy atom. The van der Waals surface area contributed by atoms with Crippen LogP contribution in [0.2, 0.25) is 0 Å². The van der Waals surface area contributed by atoms with Crippen molar-refractivity contribution in [2.45, 2.75) is 73.0 Å². The fourth-order valence-electron chi connectivity index (χ4n) is 11.8. The van der Waals surface area contributed by atoms with Crippen molar-refractivity contribution >= 4 is 0 Å². The molecule has 0 radical (unpaired) electrons. The standard InChI is InChI=1S/C60H50O21/c61-26-5-7-28-43(17-26)78-57(23-2-10-34(64)39(69)14-23)53(75)46(28)30-19-31-45(21-37(30)67)80-59(25-4-12-36(66)41(71)16-25)55(77)48(31)50-52(74)49(51(73)32-20-42(72)56(81-60(32)50)22-1-9-33(63)38(68)13-22)47-29-8-6-27(62)18-44(29)79-58(54(47)76)24-3-11-35(65)40(70)15-24/h1-19,21,42,46-48,53-59,61-77H,20H2/t42-,46-,47+,48-,53+,54+,55+,56+,57-,58-,59-/m0/s1. The predicted octanol–water partition coefficient (Wildman–Crippen LogP) is 6.78. The van der Waals surface area contributed by atoms with E-state index in [1.807, 2.05) is 0 Å². The van der Waals surface area contributed by atoms with E-state index in [4.69, 9.17) is 18.9 Å². The Labute approximate surface area is 457 Å². The second kappa shape index (κ2) is 19.2. The first kappa shape index (κ1) is 51.9. The average Bonchev–Trinajstić information content (AvgIpc) is 3.52. The average molecular weight is 1110 g/mol. The van der Waals surface area contributed by atoms with Gasteiger partial charge in [-0.1, -0.05) is 36.4 Å². The zero-order valence-corrected chi connectivity index (χ0v) is 41.8. The Morgan fingerprint density at radius 2 is 0.704 bits per heavy atom. The molecule has 416 valence electrons. The topological polar surface area (TPSA) is 381 Å². The van der Waals surface area contributed by atoms with E-state index in [0.717, 1.165) is 42.5 Å². The highest BCUT2D eigenvalue weighted by Crippen LogP contribution is 2.62. The summed E-state index contributed by atoms with van der Waals surface area (Å²) in [6.07, 6.45) is -13.3. The van der Waals surface area contributed by atoms with Crippen LogP contribution in [0.25, 0.3) is 0 Å². The molecule has 21 heteroatoms. The Bertz CT molecular complexity index is 3860. The van der Waals surface area contributed by atoms with Gasteiger partial charge in [-0.05, 0) is 89.0 Å². The molecule has 0 saturated heterocycles. The third kappa shape index (κ3) is 8.48. The molecule has 0 bridgehead atoms. The molecule has 12 rings (SSSR count). The normalized spacial score (nSPS) is 24.4. The van der Waals surface area contributed by atoms with E-state index < -0.39 is 142 Å². The number of fused-ring (bicyclic) bond motifs is 4. The summed E-state index contributed by atoms with van der Waals surface area (Å²) in [6.45, 7) is 0. The molecular formula is C60H50O21. The van der Waals surface area contributed by atoms with E-state index >= 15 is 0 Å². The molecule has 4 heterocycles. The minimum absolute atomic E-state index is 0.0256. The van der Waals surface area contributed by atoms with Crippen molar-refractivity contribution in [3.05, 3.63) is 183 Å². The monoisotopic (exact) mass is 1110 g/mol. The highest BCUT2D eigenvalue weighted by Gasteiger charge is 2.51. The highest BCUT2D eigenvalue weighted by atomic mass is 16.5. The lowest BCUT2D eigenvalue weighted by molar-refractivity contribution is -0.000202. The van der Waals surface area contributed by atoms with Gasteiger partial charge < -0.3 is 106 Å². The van der Waals surface area contributed by atoms with Gasteiger partial charge in [0.25, 0.3) is 0 Å². The second-order valence-corrected chi connectivity index (χ2v) is 20.5. The van der Waals surface area contributed by atoms with Crippen LogP contribution in [0.4, 0.5) is 0 Å². The quantitative estimate of drug-likeness (QED) is 0.0731. The summed E-state index contributed by atoms with van der Waals surface area (Å²) in [5, 5.41) is 194. The van der Waals surface area contributed by atoms with E-state index in [2.05, 4.69) is 0 Å². The van der Waals surface area contributed by atoms with Crippen molar-refractivity contribution in [1.82, 2.24) is 0 Å². The van der Waals surface area contributed by atoms with Gasteiger partial charge in [0.05, 0.1) is 6.10 Å². The summed E-state index contributed by atoms with van der Waals surface area (Å²) >= 11 is 0. The number of phenolic OH excluding ortho intramolecular Hbond substituents is 13. The third-order valence-electron chi connectivity index (χ3n) is 15.7. The van der Waals surface area contributed by atoms with Crippen molar-refractivity contribution < 1.29 is 106 Å². The van der Waals surface area contributed by atoms with Gasteiger partial charge in [-0.25, -0.2) is 0 Å². The number of aliphatic hydroxyl groups is 4. The van der Waals surface area contributed by atoms with E-state index in [-0.39, 0.29) is 90.1 Å². The van der Waals surface area contributed by atoms with Crippen LogP contribution in [0.15, 0.2) is 121 Å². The molecule has 0 unspecified atom stereocenters. The lowest BCUT2D eigenvalue weighted by Gasteiger charge is -2.43. The maximum atomic E-state index is 13.5. The van der Waals surface area contributed by atoms with Gasteiger partial charge in [0, 0.05) is 81.3 Å². The predicted molar refractivity (Wildman–Crippen MR) is 280 cm³/mol. The van der Waals surface area contributed by atoms with E-state index in [1.165, 1.54) is 78.9 Å². The number of aromatic hydroxyl groups is 13. The summed E-state index contributed by atoms with van der Waals surface area (Å²) in [5.41, 5.74) is -0.427. The summed E-state index contributed by atoms with van der Waals surface area (Å²) in [5.74, 6) is -12.2. The molecule has 0 aromatic heterocycles. The molecule has 0 aliphatic carbocycles. The third-order valence-corrected chi connectivity index (χ3v) is 15.7. The molecule has 0 saturated carbocycles. The number of rotatable bonds is 7. The summed E-state index contributed by atoms with van der Waals surface area (Å²) in [6, 6.07) is 24.9. The minimum atomic E-state index is -1.94. The fourth-order valence-corrected chi connectivity index (χ4v) is 11.8. The van der Waals surface area contributed by atoms with Crippen LogP contribution in [-0.2, 0) is 6.42 Å². The molecule has 21 nitrogen and oxygen atoms in total. The first-order valence-corrected chi connectivity index (χ1v) is 25.3. The van der Waals surface area contributed by atoms with E-state index in [9.17, 15) is 86.8 Å². The van der Waals surface area contributed by atoms with Crippen LogP contribution in [0.3, 0.4) is 0 Å². The van der Waals surface area contributed by atoms with Crippen LogP contribution < -0.4 is 18.9 Å². The number of aliphatic hydroxyl groups excluding tert-OH is 4. The Morgan fingerprint density at radius 1 is 0.309 bits per heavy atom. The lowest BCUT2D eigenvalue weighted by atomic mass is 9.72. The van der Waals surface area contributed by atoms with Gasteiger partial charge in [0.15, 0.2) is 64.3 Å². The molecule has 81 heavy (non-hydrogen) atoms. The van der Waals surface area contributed by atoms with Crippen molar-refractivity contribution in [2.24, 2.45) is 0 Å². The number of hydrogen-bond acceptors (Lipinski definition) is 21. The van der Waals surface area contributed by atoms with Crippen molar-refractivity contribution in [3.8, 4) is 97.7 Å². The summed E-state index contributed by atoms with van der Waals surface area (Å²) in [7, 11) is 0. The highest BCUT2D eigenvalue weighted by molar-refractivity contribution is 5.71. The SMILES string of the molecule is Oc1ccc2c(c1)O[C@@H](c1ccc(O)c(O)c1)[C@H](O)[C@@H]2c1cc2c(cc1O)O[C@@H](c1ccc(O)c(O)c1)[C@H](O)[C@@H]2c1c(O)c([C@H]2c3ccc(O)cc3O[C@@H](c3ccc(O)c(O)c3)[C@@H]2O)c(O)c2c1O[C@H](c1ccc(O)c(O)c1)[C@@H](O)C2. The molecule has 8 aromatic rings. The molecule has 4 aliphatic heterocycles. The minimum Gasteiger partial charge on any atom is -0.508 e. The largest absolute Gasteiger partial charge is 0.508 e. The van der Waals surface area contributed by atoms with Gasteiger partial charge >= 0.3 is 0 Å². The maximum absolute atomic E-state index is 13.5. The van der Waals surface area contributed by atoms with Crippen molar-refractivity contribution in [2.75, 3.05) is 0 Å². The Hall–Kier alpha value is -9.80. The van der Waals surface area contributed by atoms with Gasteiger partial charge in [-0.15, -0.1) is 0 Å². The molecule has 8 aromatic carbocycles. The molecule has 4 aliphatic rings. The summed E-state index contributed by atoms with van der Waals surface area (Å²) in [4.78, 5) is 0. The van der Waals surface area contributed by atoms with Crippen LogP contribution >= 0.6 is 0 Å². The fraction of sp³-hybridized carbons (Fsp3) is 0.200. The molecule has 0 spiro atoms. The van der Waals surface area contributed by atoms with Crippen molar-refractivity contribution in [1.29, 1.82) is 0 Å². The first-order valence-electron chi connectivity index (χ1n) is 25.3. The number of benzene rings is 8. The second-order valence-electron chi connectivity index (χ2n) is 20.5. The Kier molecular flexibility index (Phi) is 12.3. The first-order chi connectivity index (χ1) is 38.7. The smallest absolute Gasteiger partial charge is 0.157 e. The number of hydrogen-bond donors (Lipinski definition) is 17. The molecule has 0 amide bonds. The number of ether oxygens (including phenoxy) is 4. The Balaban J connectivity index is 1.13. The molecule has 11 atom stereocenters. The van der Waals surface area contributed by atoms with E-state index in [0.29, 0.717) is 0 Å². The number of phenols is 13. The van der Waals surface area contributed by atoms with E-state index in [1.54, 1.807) is 0 Å². The lowest BCUT2D eigenvalue weighted by Crippen LogP contribution is -2.38. The van der Waals surface area contributed by atoms with Gasteiger partial charge in [-0.2, -0.15) is 0 Å². The van der Waals surface area contributed by atoms with Crippen LogP contribution in [-0.4, -0.2) is 111 Å². The van der Waals surface area contributed by atoms with Crippen LogP contribution in [0, 0.1) is 0 Å². The molecular weight excluding hydrogens is 1060 g/mol. The van der Waals surface area contributed by atoms with Crippen molar-refractivity contribution in [3.63, 3.8) is 0 Å².